The fourth-order valence-electron chi connectivity index (χ4n) is 1.49. The van der Waals surface area contributed by atoms with E-state index >= 15 is 0 Å². The molecule has 1 aromatic carbocycles. The van der Waals surface area contributed by atoms with E-state index in [0.29, 0.717) is 11.4 Å². The third kappa shape index (κ3) is 3.61. The van der Waals surface area contributed by atoms with E-state index in [1.807, 2.05) is 0 Å². The van der Waals surface area contributed by atoms with Crippen LogP contribution in [-0.2, 0) is 9.53 Å². The summed E-state index contributed by atoms with van der Waals surface area (Å²) >= 11 is 0. The monoisotopic (exact) mass is 275 g/mol. The molecule has 104 valence electrons. The summed E-state index contributed by atoms with van der Waals surface area (Å²) in [7, 11) is 0. The zero-order chi connectivity index (χ0) is 14.5. The number of phenols is 1. The van der Waals surface area contributed by atoms with Gasteiger partial charge in [-0.1, -0.05) is 0 Å². The van der Waals surface area contributed by atoms with Gasteiger partial charge in [-0.25, -0.2) is 4.79 Å². The van der Waals surface area contributed by atoms with Crippen molar-refractivity contribution in [2.75, 3.05) is 11.9 Å². The number of esters is 1. The summed E-state index contributed by atoms with van der Waals surface area (Å²) in [6.07, 6.45) is 0. The van der Waals surface area contributed by atoms with Crippen LogP contribution in [0.1, 0.15) is 16.3 Å². The highest BCUT2D eigenvalue weighted by Gasteiger charge is 2.13. The van der Waals surface area contributed by atoms with Crippen molar-refractivity contribution in [3.63, 3.8) is 0 Å². The molecule has 2 aromatic rings. The van der Waals surface area contributed by atoms with E-state index in [0.717, 1.165) is 0 Å². The van der Waals surface area contributed by atoms with E-state index in [1.165, 1.54) is 30.3 Å². The third-order valence-electron chi connectivity index (χ3n) is 2.43. The van der Waals surface area contributed by atoms with Crippen LogP contribution in [0.4, 0.5) is 5.69 Å². The minimum absolute atomic E-state index is 0.0555. The summed E-state index contributed by atoms with van der Waals surface area (Å²) in [4.78, 5) is 23.1. The lowest BCUT2D eigenvalue weighted by Crippen LogP contribution is -2.20. The first-order valence-corrected chi connectivity index (χ1v) is 5.87. The minimum atomic E-state index is -0.695. The van der Waals surface area contributed by atoms with Crippen LogP contribution in [0.5, 0.6) is 5.75 Å². The van der Waals surface area contributed by atoms with Gasteiger partial charge in [-0.2, -0.15) is 0 Å². The lowest BCUT2D eigenvalue weighted by atomic mass is 10.3. The molecular formula is C14H13NO5. The predicted molar refractivity (Wildman–Crippen MR) is 70.5 cm³/mol. The molecule has 0 fully saturated rings. The molecule has 0 aliphatic heterocycles. The minimum Gasteiger partial charge on any atom is -0.508 e. The van der Waals surface area contributed by atoms with Gasteiger partial charge in [0.1, 0.15) is 11.5 Å². The Balaban J connectivity index is 1.83. The molecule has 0 bridgehead atoms. The van der Waals surface area contributed by atoms with Gasteiger partial charge >= 0.3 is 5.97 Å². The number of aryl methyl sites for hydroxylation is 1. The van der Waals surface area contributed by atoms with Crippen LogP contribution in [0.25, 0.3) is 0 Å². The molecule has 0 unspecified atom stereocenters. The maximum Gasteiger partial charge on any atom is 0.374 e. The molecule has 1 heterocycles. The largest absolute Gasteiger partial charge is 0.508 e. The van der Waals surface area contributed by atoms with Crippen molar-refractivity contribution in [2.24, 2.45) is 0 Å². The number of amides is 1. The normalized spacial score (nSPS) is 10.1. The molecular weight excluding hydrogens is 262 g/mol. The zero-order valence-corrected chi connectivity index (χ0v) is 10.8. The number of anilines is 1. The number of furan rings is 1. The standard InChI is InChI=1S/C14H13NO5/c1-9-2-7-12(20-9)14(18)19-8-13(17)15-10-3-5-11(16)6-4-10/h2-7,16H,8H2,1H3,(H,15,17). The molecule has 1 amide bonds. The molecule has 0 aliphatic rings. The van der Waals surface area contributed by atoms with E-state index in [-0.39, 0.29) is 11.5 Å². The summed E-state index contributed by atoms with van der Waals surface area (Å²) in [6, 6.07) is 9.05. The van der Waals surface area contributed by atoms with Crippen molar-refractivity contribution >= 4 is 17.6 Å². The van der Waals surface area contributed by atoms with Crippen molar-refractivity contribution in [1.82, 2.24) is 0 Å². The van der Waals surface area contributed by atoms with Crippen LogP contribution in [-0.4, -0.2) is 23.6 Å². The lowest BCUT2D eigenvalue weighted by Gasteiger charge is -2.05. The fourth-order valence-corrected chi connectivity index (χ4v) is 1.49. The van der Waals surface area contributed by atoms with Crippen molar-refractivity contribution in [2.45, 2.75) is 6.92 Å². The Morgan fingerprint density at radius 3 is 2.50 bits per heavy atom. The molecule has 0 atom stereocenters. The SMILES string of the molecule is Cc1ccc(C(=O)OCC(=O)Nc2ccc(O)cc2)o1. The summed E-state index contributed by atoms with van der Waals surface area (Å²) in [5, 5.41) is 11.6. The van der Waals surface area contributed by atoms with Crippen molar-refractivity contribution < 1.29 is 23.8 Å². The Morgan fingerprint density at radius 1 is 1.20 bits per heavy atom. The summed E-state index contributed by atoms with van der Waals surface area (Å²) < 4.78 is 9.88. The van der Waals surface area contributed by atoms with Crippen LogP contribution in [0.2, 0.25) is 0 Å². The van der Waals surface area contributed by atoms with Gasteiger partial charge in [0, 0.05) is 5.69 Å². The van der Waals surface area contributed by atoms with Gasteiger partial charge < -0.3 is 19.6 Å². The Kier molecular flexibility index (Phi) is 4.05. The topological polar surface area (TPSA) is 88.8 Å². The van der Waals surface area contributed by atoms with Gasteiger partial charge in [-0.05, 0) is 43.3 Å². The number of aromatic hydroxyl groups is 1. The average molecular weight is 275 g/mol. The number of carbonyl (C=O) groups is 2. The highest BCUT2D eigenvalue weighted by atomic mass is 16.5. The van der Waals surface area contributed by atoms with E-state index in [1.54, 1.807) is 13.0 Å². The average Bonchev–Trinajstić information content (AvgIpc) is 2.85. The fraction of sp³-hybridized carbons (Fsp3) is 0.143. The molecule has 0 aliphatic carbocycles. The first-order chi connectivity index (χ1) is 9.54. The molecule has 0 radical (unpaired) electrons. The molecule has 0 spiro atoms. The van der Waals surface area contributed by atoms with Gasteiger partial charge in [0.15, 0.2) is 6.61 Å². The highest BCUT2D eigenvalue weighted by molar-refractivity contribution is 5.94. The second kappa shape index (κ2) is 5.92. The second-order valence-electron chi connectivity index (χ2n) is 4.08. The van der Waals surface area contributed by atoms with Crippen molar-refractivity contribution in [1.29, 1.82) is 0 Å². The smallest absolute Gasteiger partial charge is 0.374 e. The number of ether oxygens (including phenoxy) is 1. The Labute approximate surface area is 115 Å². The van der Waals surface area contributed by atoms with E-state index < -0.39 is 18.5 Å². The van der Waals surface area contributed by atoms with Gasteiger partial charge in [0.25, 0.3) is 5.91 Å². The van der Waals surface area contributed by atoms with Gasteiger partial charge in [-0.15, -0.1) is 0 Å². The molecule has 6 heteroatoms. The number of hydrogen-bond donors (Lipinski definition) is 2. The van der Waals surface area contributed by atoms with Crippen LogP contribution in [0.3, 0.4) is 0 Å². The molecule has 0 saturated heterocycles. The Bertz CT molecular complexity index is 615. The number of phenolic OH excluding ortho intramolecular Hbond substituents is 1. The maximum absolute atomic E-state index is 11.6. The van der Waals surface area contributed by atoms with Gasteiger partial charge in [-0.3, -0.25) is 4.79 Å². The maximum atomic E-state index is 11.6. The lowest BCUT2D eigenvalue weighted by molar-refractivity contribution is -0.119. The second-order valence-corrected chi connectivity index (χ2v) is 4.08. The summed E-state index contributed by atoms with van der Waals surface area (Å²) in [6.45, 7) is 1.29. The molecule has 20 heavy (non-hydrogen) atoms. The van der Waals surface area contributed by atoms with Gasteiger partial charge in [0.2, 0.25) is 5.76 Å². The first kappa shape index (κ1) is 13.7. The predicted octanol–water partition coefficient (Wildman–Crippen LogP) is 2.09. The number of hydrogen-bond acceptors (Lipinski definition) is 5. The van der Waals surface area contributed by atoms with Crippen LogP contribution in [0.15, 0.2) is 40.8 Å². The Morgan fingerprint density at radius 2 is 1.90 bits per heavy atom. The highest BCUT2D eigenvalue weighted by Crippen LogP contribution is 2.13. The molecule has 1 aromatic heterocycles. The number of nitrogens with one attached hydrogen (secondary N) is 1. The van der Waals surface area contributed by atoms with Crippen molar-refractivity contribution in [3.8, 4) is 5.75 Å². The zero-order valence-electron chi connectivity index (χ0n) is 10.8. The number of rotatable bonds is 4. The first-order valence-electron chi connectivity index (χ1n) is 5.87. The van der Waals surface area contributed by atoms with E-state index in [4.69, 9.17) is 14.3 Å². The van der Waals surface area contributed by atoms with Crippen molar-refractivity contribution in [3.05, 3.63) is 47.9 Å². The van der Waals surface area contributed by atoms with E-state index in [9.17, 15) is 9.59 Å². The third-order valence-corrected chi connectivity index (χ3v) is 2.43. The molecule has 6 nitrogen and oxygen atoms in total. The summed E-state index contributed by atoms with van der Waals surface area (Å²) in [5.74, 6) is -0.431. The van der Waals surface area contributed by atoms with Gasteiger partial charge in [0.05, 0.1) is 0 Å². The van der Waals surface area contributed by atoms with Crippen LogP contribution < -0.4 is 5.32 Å². The molecule has 0 saturated carbocycles. The number of carbonyl (C=O) groups excluding carboxylic acids is 2. The Hall–Kier alpha value is -2.76. The van der Waals surface area contributed by atoms with Crippen LogP contribution >= 0.6 is 0 Å². The molecule has 2 rings (SSSR count). The van der Waals surface area contributed by atoms with E-state index in [2.05, 4.69) is 5.32 Å². The summed E-state index contributed by atoms with van der Waals surface area (Å²) in [5.41, 5.74) is 0.498. The number of benzene rings is 1. The van der Waals surface area contributed by atoms with Crippen LogP contribution in [0, 0.1) is 6.92 Å². The molecule has 2 N–H and O–H groups in total. The quantitative estimate of drug-likeness (QED) is 0.658.